The molecule has 7 heteroatoms. The summed E-state index contributed by atoms with van der Waals surface area (Å²) in [5.74, 6) is 0.195. The summed E-state index contributed by atoms with van der Waals surface area (Å²) in [5.41, 5.74) is 1.72. The van der Waals surface area contributed by atoms with Crippen molar-refractivity contribution in [2.24, 2.45) is 7.05 Å². The lowest BCUT2D eigenvalue weighted by atomic mass is 10.1. The Morgan fingerprint density at radius 1 is 1.27 bits per heavy atom. The molecule has 2 fully saturated rings. The predicted octanol–water partition coefficient (Wildman–Crippen LogP) is 1.15. The number of hydrogen-bond acceptors (Lipinski definition) is 5. The van der Waals surface area contributed by atoms with Crippen molar-refractivity contribution in [2.75, 3.05) is 37.7 Å². The van der Waals surface area contributed by atoms with Gasteiger partial charge < -0.3 is 19.1 Å². The van der Waals surface area contributed by atoms with Crippen LogP contribution in [0.3, 0.4) is 0 Å². The molecule has 138 valence electrons. The molecule has 3 heterocycles. The zero-order chi connectivity index (χ0) is 18.1. The number of benzene rings is 1. The van der Waals surface area contributed by atoms with Crippen LogP contribution in [-0.2, 0) is 16.6 Å². The molecule has 1 aromatic carbocycles. The van der Waals surface area contributed by atoms with Gasteiger partial charge in [-0.2, -0.15) is 0 Å². The van der Waals surface area contributed by atoms with Crippen molar-refractivity contribution in [2.45, 2.75) is 25.4 Å². The number of amides is 1. The average molecular weight is 356 g/mol. The van der Waals surface area contributed by atoms with Crippen molar-refractivity contribution >= 4 is 22.5 Å². The Kier molecular flexibility index (Phi) is 4.63. The quantitative estimate of drug-likeness (QED) is 0.825. The molecule has 4 rings (SSSR count). The van der Waals surface area contributed by atoms with E-state index in [4.69, 9.17) is 4.74 Å². The van der Waals surface area contributed by atoms with Crippen LogP contribution in [0.25, 0.3) is 10.9 Å². The van der Waals surface area contributed by atoms with Crippen LogP contribution in [0.15, 0.2) is 29.3 Å². The molecule has 2 aromatic rings. The van der Waals surface area contributed by atoms with E-state index in [0.29, 0.717) is 30.4 Å². The van der Waals surface area contributed by atoms with Crippen LogP contribution in [0.1, 0.15) is 19.3 Å². The number of hydrogen-bond donors (Lipinski definition) is 0. The summed E-state index contributed by atoms with van der Waals surface area (Å²) < 4.78 is 7.06. The SMILES string of the molecule is Cn1cnc2cc(N3CCN(C(=O)CC4CCCO4)CC3)ccc2c1=O. The number of fused-ring (bicyclic) bond motifs is 1. The van der Waals surface area contributed by atoms with Gasteiger partial charge in [0.05, 0.1) is 29.8 Å². The Hall–Kier alpha value is -2.41. The topological polar surface area (TPSA) is 67.7 Å². The normalized spacial score (nSPS) is 20.7. The zero-order valence-corrected chi connectivity index (χ0v) is 15.1. The molecule has 0 radical (unpaired) electrons. The number of anilines is 1. The van der Waals surface area contributed by atoms with E-state index >= 15 is 0 Å². The molecule has 0 spiro atoms. The molecule has 0 bridgehead atoms. The minimum Gasteiger partial charge on any atom is -0.378 e. The third-order valence-electron chi connectivity index (χ3n) is 5.33. The van der Waals surface area contributed by atoms with Crippen molar-refractivity contribution in [1.29, 1.82) is 0 Å². The Morgan fingerprint density at radius 2 is 2.08 bits per heavy atom. The first-order valence-corrected chi connectivity index (χ1v) is 9.21. The van der Waals surface area contributed by atoms with Gasteiger partial charge in [0, 0.05) is 45.5 Å². The summed E-state index contributed by atoms with van der Waals surface area (Å²) in [7, 11) is 1.70. The minimum absolute atomic E-state index is 0.0360. The number of ether oxygens (including phenoxy) is 1. The molecule has 26 heavy (non-hydrogen) atoms. The maximum atomic E-state index is 12.4. The lowest BCUT2D eigenvalue weighted by molar-refractivity contribution is -0.133. The van der Waals surface area contributed by atoms with E-state index in [1.54, 1.807) is 13.4 Å². The van der Waals surface area contributed by atoms with Crippen LogP contribution in [0.5, 0.6) is 0 Å². The molecular weight excluding hydrogens is 332 g/mol. The predicted molar refractivity (Wildman–Crippen MR) is 99.4 cm³/mol. The monoisotopic (exact) mass is 356 g/mol. The van der Waals surface area contributed by atoms with Gasteiger partial charge in [-0.25, -0.2) is 4.98 Å². The summed E-state index contributed by atoms with van der Waals surface area (Å²) in [6.45, 7) is 3.78. The molecule has 7 nitrogen and oxygen atoms in total. The number of aromatic nitrogens is 2. The standard InChI is InChI=1S/C19H24N4O3/c1-21-13-20-17-11-14(4-5-16(17)19(21)25)22-6-8-23(9-7-22)18(24)12-15-3-2-10-26-15/h4-5,11,13,15H,2-3,6-10,12H2,1H3. The second-order valence-electron chi connectivity index (χ2n) is 7.07. The van der Waals surface area contributed by atoms with Crippen molar-refractivity contribution in [3.8, 4) is 0 Å². The van der Waals surface area contributed by atoms with Gasteiger partial charge in [-0.1, -0.05) is 0 Å². The fraction of sp³-hybridized carbons (Fsp3) is 0.526. The van der Waals surface area contributed by atoms with E-state index < -0.39 is 0 Å². The van der Waals surface area contributed by atoms with Gasteiger partial charge in [-0.15, -0.1) is 0 Å². The Balaban J connectivity index is 1.41. The number of nitrogens with zero attached hydrogens (tertiary/aromatic N) is 4. The van der Waals surface area contributed by atoms with E-state index in [-0.39, 0.29) is 17.6 Å². The van der Waals surface area contributed by atoms with Crippen molar-refractivity contribution in [3.05, 3.63) is 34.9 Å². The van der Waals surface area contributed by atoms with Crippen LogP contribution in [-0.4, -0.2) is 59.2 Å². The van der Waals surface area contributed by atoms with Crippen LogP contribution in [0, 0.1) is 0 Å². The Labute approximate surface area is 152 Å². The van der Waals surface area contributed by atoms with Crippen LogP contribution >= 0.6 is 0 Å². The van der Waals surface area contributed by atoms with E-state index in [1.807, 2.05) is 23.1 Å². The number of carbonyl (C=O) groups is 1. The maximum Gasteiger partial charge on any atom is 0.260 e. The first-order chi connectivity index (χ1) is 12.6. The summed E-state index contributed by atoms with van der Waals surface area (Å²) in [6, 6.07) is 5.77. The number of carbonyl (C=O) groups excluding carboxylic acids is 1. The van der Waals surface area contributed by atoms with Crippen molar-refractivity contribution in [1.82, 2.24) is 14.5 Å². The van der Waals surface area contributed by atoms with E-state index in [1.165, 1.54) is 4.57 Å². The highest BCUT2D eigenvalue weighted by molar-refractivity contribution is 5.81. The minimum atomic E-state index is -0.0360. The zero-order valence-electron chi connectivity index (χ0n) is 15.1. The Bertz CT molecular complexity index is 865. The van der Waals surface area contributed by atoms with Gasteiger partial charge >= 0.3 is 0 Å². The van der Waals surface area contributed by atoms with Gasteiger partial charge in [-0.05, 0) is 31.0 Å². The summed E-state index contributed by atoms with van der Waals surface area (Å²) in [5, 5.41) is 0.629. The molecule has 1 amide bonds. The van der Waals surface area contributed by atoms with Crippen LogP contribution in [0.2, 0.25) is 0 Å². The van der Waals surface area contributed by atoms with Crippen molar-refractivity contribution in [3.63, 3.8) is 0 Å². The highest BCUT2D eigenvalue weighted by Gasteiger charge is 2.25. The van der Waals surface area contributed by atoms with Crippen LogP contribution < -0.4 is 10.5 Å². The lowest BCUT2D eigenvalue weighted by Gasteiger charge is -2.36. The molecule has 1 unspecified atom stereocenters. The Morgan fingerprint density at radius 3 is 2.81 bits per heavy atom. The van der Waals surface area contributed by atoms with Crippen molar-refractivity contribution < 1.29 is 9.53 Å². The smallest absolute Gasteiger partial charge is 0.260 e. The van der Waals surface area contributed by atoms with E-state index in [2.05, 4.69) is 9.88 Å². The lowest BCUT2D eigenvalue weighted by Crippen LogP contribution is -2.49. The summed E-state index contributed by atoms with van der Waals surface area (Å²) in [6.07, 6.45) is 4.22. The highest BCUT2D eigenvalue weighted by Crippen LogP contribution is 2.21. The molecule has 1 atom stereocenters. The van der Waals surface area contributed by atoms with Crippen LogP contribution in [0.4, 0.5) is 5.69 Å². The van der Waals surface area contributed by atoms with Gasteiger partial charge in [0.15, 0.2) is 0 Å². The molecule has 2 saturated heterocycles. The first kappa shape index (κ1) is 17.0. The first-order valence-electron chi connectivity index (χ1n) is 9.21. The van der Waals surface area contributed by atoms with E-state index in [0.717, 1.165) is 38.2 Å². The number of rotatable bonds is 3. The fourth-order valence-corrected chi connectivity index (χ4v) is 3.74. The molecule has 0 N–H and O–H groups in total. The third kappa shape index (κ3) is 3.31. The second kappa shape index (κ2) is 7.07. The highest BCUT2D eigenvalue weighted by atomic mass is 16.5. The van der Waals surface area contributed by atoms with Gasteiger partial charge in [0.25, 0.3) is 5.56 Å². The molecule has 0 saturated carbocycles. The van der Waals surface area contributed by atoms with E-state index in [9.17, 15) is 9.59 Å². The number of aryl methyl sites for hydroxylation is 1. The maximum absolute atomic E-state index is 12.4. The molecular formula is C19H24N4O3. The summed E-state index contributed by atoms with van der Waals surface area (Å²) in [4.78, 5) is 33.1. The fourth-order valence-electron chi connectivity index (χ4n) is 3.74. The van der Waals surface area contributed by atoms with Gasteiger partial charge in [0.2, 0.25) is 5.91 Å². The largest absolute Gasteiger partial charge is 0.378 e. The number of piperazine rings is 1. The molecule has 0 aliphatic carbocycles. The second-order valence-corrected chi connectivity index (χ2v) is 7.07. The average Bonchev–Trinajstić information content (AvgIpc) is 3.17. The molecule has 1 aromatic heterocycles. The summed E-state index contributed by atoms with van der Waals surface area (Å²) >= 11 is 0. The molecule has 2 aliphatic rings. The molecule has 2 aliphatic heterocycles. The third-order valence-corrected chi connectivity index (χ3v) is 5.33. The van der Waals surface area contributed by atoms with Gasteiger partial charge in [-0.3, -0.25) is 9.59 Å². The van der Waals surface area contributed by atoms with Gasteiger partial charge in [0.1, 0.15) is 0 Å².